The Balaban J connectivity index is 1.96. The summed E-state index contributed by atoms with van der Waals surface area (Å²) in [5.41, 5.74) is 1.52. The normalized spacial score (nSPS) is 18.3. The lowest BCUT2D eigenvalue weighted by molar-refractivity contribution is 0.0964. The van der Waals surface area contributed by atoms with Gasteiger partial charge in [-0.2, -0.15) is 0 Å². The van der Waals surface area contributed by atoms with Gasteiger partial charge in [0.1, 0.15) is 0 Å². The zero-order valence-electron chi connectivity index (χ0n) is 11.0. The van der Waals surface area contributed by atoms with Crippen molar-refractivity contribution in [2.75, 3.05) is 25.5 Å². The minimum Gasteiger partial charge on any atom is -0.384 e. The van der Waals surface area contributed by atoms with Crippen LogP contribution in [-0.4, -0.2) is 32.2 Å². The van der Waals surface area contributed by atoms with Gasteiger partial charge in [-0.1, -0.05) is 15.9 Å². The molecule has 5 heteroatoms. The fourth-order valence-electron chi connectivity index (χ4n) is 2.23. The highest BCUT2D eigenvalue weighted by Gasteiger charge is 2.15. The van der Waals surface area contributed by atoms with Gasteiger partial charge in [0.05, 0.1) is 11.7 Å². The topological polar surface area (TPSA) is 50.4 Å². The van der Waals surface area contributed by atoms with Crippen molar-refractivity contribution < 1.29 is 9.53 Å². The van der Waals surface area contributed by atoms with Gasteiger partial charge in [-0.3, -0.25) is 4.79 Å². The number of anilines is 1. The fraction of sp³-hybridized carbons (Fsp3) is 0.500. The molecule has 2 rings (SSSR count). The molecule has 1 saturated heterocycles. The van der Waals surface area contributed by atoms with E-state index in [2.05, 4.69) is 26.6 Å². The Labute approximate surface area is 122 Å². The number of carbonyl (C=O) groups is 1. The number of hydrogen-bond donors (Lipinski definition) is 2. The number of hydrogen-bond acceptors (Lipinski definition) is 3. The minimum atomic E-state index is -0.0825. The van der Waals surface area contributed by atoms with Crippen LogP contribution in [0.25, 0.3) is 0 Å². The Hall–Kier alpha value is -1.07. The second-order valence-corrected chi connectivity index (χ2v) is 5.54. The molecule has 0 aliphatic carbocycles. The molecular weight excluding hydrogens is 308 g/mol. The molecule has 4 nitrogen and oxygen atoms in total. The minimum absolute atomic E-state index is 0.0825. The van der Waals surface area contributed by atoms with Gasteiger partial charge in [0, 0.05) is 30.4 Å². The smallest absolute Gasteiger partial charge is 0.253 e. The van der Waals surface area contributed by atoms with Crippen molar-refractivity contribution in [3.8, 4) is 0 Å². The Morgan fingerprint density at radius 3 is 3.05 bits per heavy atom. The van der Waals surface area contributed by atoms with Gasteiger partial charge in [-0.05, 0) is 37.5 Å². The monoisotopic (exact) mass is 326 g/mol. The molecule has 1 atom stereocenters. The van der Waals surface area contributed by atoms with Gasteiger partial charge >= 0.3 is 0 Å². The molecule has 1 aliphatic rings. The summed E-state index contributed by atoms with van der Waals surface area (Å²) in [6, 6.07) is 5.68. The number of carbonyl (C=O) groups excluding carboxylic acids is 1. The van der Waals surface area contributed by atoms with Crippen LogP contribution in [0.4, 0.5) is 5.69 Å². The molecule has 1 amide bonds. The molecule has 19 heavy (non-hydrogen) atoms. The lowest BCUT2D eigenvalue weighted by atomic mass is 10.1. The molecule has 2 N–H and O–H groups in total. The van der Waals surface area contributed by atoms with E-state index in [-0.39, 0.29) is 5.91 Å². The zero-order chi connectivity index (χ0) is 13.7. The fourth-order valence-corrected chi connectivity index (χ4v) is 2.59. The van der Waals surface area contributed by atoms with Crippen LogP contribution in [0.2, 0.25) is 0 Å². The first-order valence-electron chi connectivity index (χ1n) is 6.58. The summed E-state index contributed by atoms with van der Waals surface area (Å²) in [6.45, 7) is 1.70. The summed E-state index contributed by atoms with van der Waals surface area (Å²) in [5.74, 6) is -0.0825. The Morgan fingerprint density at radius 2 is 2.37 bits per heavy atom. The molecule has 1 fully saturated rings. The highest BCUT2D eigenvalue weighted by atomic mass is 79.9. The van der Waals surface area contributed by atoms with Crippen LogP contribution < -0.4 is 10.6 Å². The number of ether oxygens (including phenoxy) is 1. The van der Waals surface area contributed by atoms with Crippen LogP contribution in [0.15, 0.2) is 22.7 Å². The number of amides is 1. The predicted octanol–water partition coefficient (Wildman–Crippen LogP) is 2.79. The maximum absolute atomic E-state index is 11.8. The first-order chi connectivity index (χ1) is 9.20. The van der Waals surface area contributed by atoms with E-state index in [9.17, 15) is 4.79 Å². The van der Waals surface area contributed by atoms with E-state index in [1.807, 2.05) is 18.2 Å². The maximum Gasteiger partial charge on any atom is 0.253 e. The molecule has 1 aliphatic heterocycles. The third kappa shape index (κ3) is 3.94. The zero-order valence-corrected chi connectivity index (χ0v) is 12.6. The van der Waals surface area contributed by atoms with Crippen molar-refractivity contribution in [3.05, 3.63) is 28.2 Å². The van der Waals surface area contributed by atoms with Crippen molar-refractivity contribution in [2.24, 2.45) is 0 Å². The number of halogens is 1. The van der Waals surface area contributed by atoms with E-state index in [1.165, 1.54) is 0 Å². The Kier molecular flexibility index (Phi) is 5.22. The van der Waals surface area contributed by atoms with Gasteiger partial charge in [0.15, 0.2) is 0 Å². The number of nitrogens with one attached hydrogen (secondary N) is 2. The van der Waals surface area contributed by atoms with Gasteiger partial charge in [-0.15, -0.1) is 0 Å². The quantitative estimate of drug-likeness (QED) is 0.874. The van der Waals surface area contributed by atoms with Gasteiger partial charge in [-0.25, -0.2) is 0 Å². The molecule has 1 aromatic carbocycles. The summed E-state index contributed by atoms with van der Waals surface area (Å²) in [5, 5.41) is 5.98. The van der Waals surface area contributed by atoms with Crippen molar-refractivity contribution in [3.63, 3.8) is 0 Å². The van der Waals surface area contributed by atoms with Crippen LogP contribution in [0, 0.1) is 0 Å². The first kappa shape index (κ1) is 14.3. The third-order valence-corrected chi connectivity index (χ3v) is 3.75. The number of rotatable bonds is 5. The van der Waals surface area contributed by atoms with Gasteiger partial charge in [0.25, 0.3) is 5.91 Å². The van der Waals surface area contributed by atoms with E-state index in [0.717, 1.165) is 42.6 Å². The molecule has 0 unspecified atom stereocenters. The number of benzene rings is 1. The van der Waals surface area contributed by atoms with E-state index in [4.69, 9.17) is 4.74 Å². The maximum atomic E-state index is 11.8. The summed E-state index contributed by atoms with van der Waals surface area (Å²) in [4.78, 5) is 11.8. The van der Waals surface area contributed by atoms with Crippen LogP contribution in [0.5, 0.6) is 0 Å². The summed E-state index contributed by atoms with van der Waals surface area (Å²) in [6.07, 6.45) is 3.64. The molecule has 0 bridgehead atoms. The van der Waals surface area contributed by atoms with Crippen molar-refractivity contribution in [1.29, 1.82) is 0 Å². The lowest BCUT2D eigenvalue weighted by Crippen LogP contribution is -2.20. The summed E-state index contributed by atoms with van der Waals surface area (Å²) in [7, 11) is 1.64. The third-order valence-electron chi connectivity index (χ3n) is 3.26. The van der Waals surface area contributed by atoms with Crippen molar-refractivity contribution >= 4 is 27.5 Å². The van der Waals surface area contributed by atoms with Gasteiger partial charge < -0.3 is 15.4 Å². The van der Waals surface area contributed by atoms with Crippen LogP contribution >= 0.6 is 15.9 Å². The second-order valence-electron chi connectivity index (χ2n) is 4.62. The standard InChI is InChI=1S/C14H19BrN2O2/c1-16-14(18)12-9-10(15)4-5-13(12)17-7-6-11-3-2-8-19-11/h4-5,9,11,17H,2-3,6-8H2,1H3,(H,16,18)/t11-/m1/s1. The molecule has 0 saturated carbocycles. The Bertz CT molecular complexity index is 445. The molecule has 0 radical (unpaired) electrons. The molecule has 104 valence electrons. The van der Waals surface area contributed by atoms with Crippen molar-refractivity contribution in [2.45, 2.75) is 25.4 Å². The van der Waals surface area contributed by atoms with E-state index in [1.54, 1.807) is 7.05 Å². The average molecular weight is 327 g/mol. The molecular formula is C14H19BrN2O2. The largest absolute Gasteiger partial charge is 0.384 e. The summed E-state index contributed by atoms with van der Waals surface area (Å²) >= 11 is 3.39. The first-order valence-corrected chi connectivity index (χ1v) is 7.37. The SMILES string of the molecule is CNC(=O)c1cc(Br)ccc1NCC[C@H]1CCCO1. The molecule has 1 heterocycles. The highest BCUT2D eigenvalue weighted by Crippen LogP contribution is 2.22. The lowest BCUT2D eigenvalue weighted by Gasteiger charge is -2.14. The predicted molar refractivity (Wildman–Crippen MR) is 79.6 cm³/mol. The highest BCUT2D eigenvalue weighted by molar-refractivity contribution is 9.10. The van der Waals surface area contributed by atoms with E-state index in [0.29, 0.717) is 11.7 Å². The van der Waals surface area contributed by atoms with Crippen LogP contribution in [-0.2, 0) is 4.74 Å². The van der Waals surface area contributed by atoms with Gasteiger partial charge in [0.2, 0.25) is 0 Å². The van der Waals surface area contributed by atoms with Crippen molar-refractivity contribution in [1.82, 2.24) is 5.32 Å². The van der Waals surface area contributed by atoms with Crippen LogP contribution in [0.1, 0.15) is 29.6 Å². The molecule has 0 aromatic heterocycles. The van der Waals surface area contributed by atoms with E-state index < -0.39 is 0 Å². The molecule has 1 aromatic rings. The molecule has 0 spiro atoms. The summed E-state index contributed by atoms with van der Waals surface area (Å²) < 4.78 is 6.48. The average Bonchev–Trinajstić information content (AvgIpc) is 2.92. The second kappa shape index (κ2) is 6.91. The Morgan fingerprint density at radius 1 is 1.53 bits per heavy atom. The van der Waals surface area contributed by atoms with E-state index >= 15 is 0 Å². The van der Waals surface area contributed by atoms with Crippen LogP contribution in [0.3, 0.4) is 0 Å².